The number of aliphatic hydroxyl groups excluding tert-OH is 1. The number of hydrogen-bond acceptors (Lipinski definition) is 6. The molecule has 6 nitrogen and oxygen atoms in total. The monoisotopic (exact) mass is 358 g/mol. The minimum absolute atomic E-state index is 0.161. The molecule has 1 heterocycles. The van der Waals surface area contributed by atoms with Crippen molar-refractivity contribution >= 4 is 17.7 Å². The number of ketones is 1. The first-order valence-corrected chi connectivity index (χ1v) is 8.59. The first kappa shape index (κ1) is 18.3. The van der Waals surface area contributed by atoms with E-state index in [0.717, 1.165) is 5.57 Å². The number of aliphatic hydroxyl groups is 1. The van der Waals surface area contributed by atoms with Gasteiger partial charge in [-0.05, 0) is 32.4 Å². The predicted octanol–water partition coefficient (Wildman–Crippen LogP) is 1.80. The maximum Gasteiger partial charge on any atom is 0.334 e. The van der Waals surface area contributed by atoms with Crippen LogP contribution < -0.4 is 0 Å². The molecule has 138 valence electrons. The molecule has 0 radical (unpaired) electrons. The number of ether oxygens (including phenoxy) is 2. The fourth-order valence-corrected chi connectivity index (χ4v) is 3.98. The van der Waals surface area contributed by atoms with E-state index in [2.05, 4.69) is 6.58 Å². The zero-order valence-electron chi connectivity index (χ0n) is 15.1. The topological polar surface area (TPSA) is 89.9 Å². The molecule has 0 amide bonds. The van der Waals surface area contributed by atoms with Gasteiger partial charge in [-0.2, -0.15) is 0 Å². The van der Waals surface area contributed by atoms with Crippen LogP contribution in [-0.4, -0.2) is 41.6 Å². The Bertz CT molecular complexity index is 797. The van der Waals surface area contributed by atoms with Gasteiger partial charge >= 0.3 is 11.9 Å². The highest BCUT2D eigenvalue weighted by Gasteiger charge is 2.54. The molecule has 0 aromatic heterocycles. The SMILES string of the molecule is C=C1C(=O)O[C@@H]2[C@H]3C(C)=CC(=O)C3=C(CO)C[C@H](OC(=O)/C(C)=C\C)[C@@H]12. The van der Waals surface area contributed by atoms with Gasteiger partial charge in [0.1, 0.15) is 12.2 Å². The molecule has 1 aliphatic heterocycles. The number of carbonyl (C=O) groups is 3. The van der Waals surface area contributed by atoms with E-state index in [1.54, 1.807) is 26.8 Å². The molecule has 0 bridgehead atoms. The average molecular weight is 358 g/mol. The molecule has 1 N–H and O–H groups in total. The van der Waals surface area contributed by atoms with Crippen molar-refractivity contribution in [3.05, 3.63) is 46.6 Å². The fraction of sp³-hybridized carbons (Fsp3) is 0.450. The lowest BCUT2D eigenvalue weighted by Gasteiger charge is -2.28. The summed E-state index contributed by atoms with van der Waals surface area (Å²) in [6.45, 7) is 8.67. The molecule has 26 heavy (non-hydrogen) atoms. The zero-order chi connectivity index (χ0) is 19.2. The van der Waals surface area contributed by atoms with E-state index in [-0.39, 0.29) is 24.4 Å². The fourth-order valence-electron chi connectivity index (χ4n) is 3.98. The second-order valence-electron chi connectivity index (χ2n) is 6.95. The molecule has 3 rings (SSSR count). The van der Waals surface area contributed by atoms with E-state index in [1.165, 1.54) is 6.08 Å². The number of allylic oxidation sites excluding steroid dienone is 2. The first-order valence-electron chi connectivity index (χ1n) is 8.59. The summed E-state index contributed by atoms with van der Waals surface area (Å²) in [5, 5.41) is 9.84. The molecule has 1 fully saturated rings. The first-order chi connectivity index (χ1) is 12.3. The Morgan fingerprint density at radius 3 is 2.77 bits per heavy atom. The molecular weight excluding hydrogens is 336 g/mol. The summed E-state index contributed by atoms with van der Waals surface area (Å²) in [4.78, 5) is 36.9. The Morgan fingerprint density at radius 2 is 2.15 bits per heavy atom. The van der Waals surface area contributed by atoms with Gasteiger partial charge < -0.3 is 14.6 Å². The second-order valence-corrected chi connectivity index (χ2v) is 6.95. The van der Waals surface area contributed by atoms with Crippen molar-refractivity contribution in [1.29, 1.82) is 0 Å². The number of esters is 2. The molecule has 4 atom stereocenters. The number of fused-ring (bicyclic) bond motifs is 3. The van der Waals surface area contributed by atoms with E-state index >= 15 is 0 Å². The van der Waals surface area contributed by atoms with Crippen LogP contribution in [0.25, 0.3) is 0 Å². The Kier molecular flexibility index (Phi) is 4.71. The Morgan fingerprint density at radius 1 is 1.46 bits per heavy atom. The Labute approximate surface area is 151 Å². The van der Waals surface area contributed by atoms with E-state index in [9.17, 15) is 19.5 Å². The quantitative estimate of drug-likeness (QED) is 0.611. The normalized spacial score (nSPS) is 31.3. The van der Waals surface area contributed by atoms with Crippen molar-refractivity contribution < 1.29 is 29.0 Å². The number of hydrogen-bond donors (Lipinski definition) is 1. The van der Waals surface area contributed by atoms with Gasteiger partial charge in [0.05, 0.1) is 12.5 Å². The van der Waals surface area contributed by atoms with Crippen LogP contribution in [0.5, 0.6) is 0 Å². The van der Waals surface area contributed by atoms with Crippen molar-refractivity contribution in [2.45, 2.75) is 39.4 Å². The predicted molar refractivity (Wildman–Crippen MR) is 92.8 cm³/mol. The third-order valence-electron chi connectivity index (χ3n) is 5.45. The molecule has 0 unspecified atom stereocenters. The van der Waals surface area contributed by atoms with Crippen LogP contribution in [0, 0.1) is 11.8 Å². The van der Waals surface area contributed by atoms with Crippen molar-refractivity contribution in [2.24, 2.45) is 11.8 Å². The van der Waals surface area contributed by atoms with Gasteiger partial charge in [-0.1, -0.05) is 18.2 Å². The van der Waals surface area contributed by atoms with Gasteiger partial charge in [-0.15, -0.1) is 0 Å². The molecule has 3 aliphatic rings. The summed E-state index contributed by atoms with van der Waals surface area (Å²) in [6.07, 6.45) is 1.91. The van der Waals surface area contributed by atoms with E-state index in [1.807, 2.05) is 0 Å². The summed E-state index contributed by atoms with van der Waals surface area (Å²) in [7, 11) is 0. The van der Waals surface area contributed by atoms with Gasteiger partial charge in [0.15, 0.2) is 5.78 Å². The van der Waals surface area contributed by atoms with Gasteiger partial charge in [0, 0.05) is 29.1 Å². The summed E-state index contributed by atoms with van der Waals surface area (Å²) in [5.41, 5.74) is 2.40. The zero-order valence-corrected chi connectivity index (χ0v) is 15.1. The van der Waals surface area contributed by atoms with Crippen LogP contribution in [0.2, 0.25) is 0 Å². The molecule has 0 aromatic rings. The Hall–Kier alpha value is -2.47. The molecule has 1 saturated heterocycles. The molecular formula is C20H22O6. The highest BCUT2D eigenvalue weighted by atomic mass is 16.6. The number of rotatable bonds is 3. The van der Waals surface area contributed by atoms with Crippen LogP contribution in [0.4, 0.5) is 0 Å². The molecule has 0 spiro atoms. The van der Waals surface area contributed by atoms with Crippen LogP contribution in [0.3, 0.4) is 0 Å². The lowest BCUT2D eigenvalue weighted by atomic mass is 9.82. The average Bonchev–Trinajstić information content (AvgIpc) is 3.00. The van der Waals surface area contributed by atoms with Crippen LogP contribution in [0.15, 0.2) is 46.6 Å². The molecule has 6 heteroatoms. The highest BCUT2D eigenvalue weighted by molar-refractivity contribution is 6.09. The summed E-state index contributed by atoms with van der Waals surface area (Å²) < 4.78 is 11.2. The molecule has 0 saturated carbocycles. The van der Waals surface area contributed by atoms with Gasteiger partial charge in [0.2, 0.25) is 0 Å². The van der Waals surface area contributed by atoms with E-state index in [4.69, 9.17) is 9.47 Å². The molecule has 0 aromatic carbocycles. The lowest BCUT2D eigenvalue weighted by molar-refractivity contribution is -0.148. The van der Waals surface area contributed by atoms with Gasteiger partial charge in [0.25, 0.3) is 0 Å². The smallest absolute Gasteiger partial charge is 0.334 e. The van der Waals surface area contributed by atoms with Crippen molar-refractivity contribution in [2.75, 3.05) is 6.61 Å². The minimum atomic E-state index is -0.734. The standard InChI is InChI=1S/C20H22O6/c1-5-9(2)19(23)25-14-7-12(8-21)17-13(22)6-10(3)15(17)18-16(14)11(4)20(24)26-18/h5-6,14-16,18,21H,4,7-8H2,1-3H3/b9-5-/t14-,15-,16+,18+/m0/s1. The van der Waals surface area contributed by atoms with Gasteiger partial charge in [-0.3, -0.25) is 4.79 Å². The maximum atomic E-state index is 12.5. The van der Waals surface area contributed by atoms with Gasteiger partial charge in [-0.25, -0.2) is 9.59 Å². The third-order valence-corrected chi connectivity index (χ3v) is 5.45. The lowest BCUT2D eigenvalue weighted by Crippen LogP contribution is -2.36. The maximum absolute atomic E-state index is 12.5. The minimum Gasteiger partial charge on any atom is -0.458 e. The van der Waals surface area contributed by atoms with Crippen molar-refractivity contribution in [3.63, 3.8) is 0 Å². The van der Waals surface area contributed by atoms with Crippen molar-refractivity contribution in [1.82, 2.24) is 0 Å². The van der Waals surface area contributed by atoms with Crippen LogP contribution in [-0.2, 0) is 23.9 Å². The highest BCUT2D eigenvalue weighted by Crippen LogP contribution is 2.48. The number of carbonyl (C=O) groups excluding carboxylic acids is 3. The summed E-state index contributed by atoms with van der Waals surface area (Å²) >= 11 is 0. The van der Waals surface area contributed by atoms with E-state index in [0.29, 0.717) is 16.7 Å². The van der Waals surface area contributed by atoms with Crippen LogP contribution in [0.1, 0.15) is 27.2 Å². The van der Waals surface area contributed by atoms with Crippen LogP contribution >= 0.6 is 0 Å². The van der Waals surface area contributed by atoms with E-state index < -0.39 is 36.0 Å². The Balaban J connectivity index is 2.07. The third kappa shape index (κ3) is 2.74. The van der Waals surface area contributed by atoms with Crippen molar-refractivity contribution in [3.8, 4) is 0 Å². The summed E-state index contributed by atoms with van der Waals surface area (Å²) in [5.74, 6) is -2.24. The molecule has 2 aliphatic carbocycles. The summed E-state index contributed by atoms with van der Waals surface area (Å²) in [6, 6.07) is 0. The second kappa shape index (κ2) is 6.68. The largest absolute Gasteiger partial charge is 0.458 e.